The maximum atomic E-state index is 10.1. The van der Waals surface area contributed by atoms with Crippen molar-refractivity contribution in [3.63, 3.8) is 0 Å². The Balaban J connectivity index is 1.85. The van der Waals surface area contributed by atoms with Crippen molar-refractivity contribution in [2.24, 2.45) is 0 Å². The fourth-order valence-electron chi connectivity index (χ4n) is 2.60. The number of hydrogen-bond acceptors (Lipinski definition) is 4. The molecule has 1 heterocycles. The van der Waals surface area contributed by atoms with Gasteiger partial charge in [-0.05, 0) is 29.5 Å². The average Bonchev–Trinajstić information content (AvgIpc) is 2.46. The molecule has 124 valence electrons. The monoisotopic (exact) mass is 307 g/mol. The molecule has 1 unspecified atom stereocenters. The predicted molar refractivity (Wildman–Crippen MR) is 88.6 cm³/mol. The molecule has 1 aliphatic heterocycles. The largest absolute Gasteiger partial charge is 0.491 e. The summed E-state index contributed by atoms with van der Waals surface area (Å²) >= 11 is 0. The lowest BCUT2D eigenvalue weighted by molar-refractivity contribution is 0.00460. The molecule has 1 aromatic carbocycles. The van der Waals surface area contributed by atoms with E-state index in [0.717, 1.165) is 37.6 Å². The van der Waals surface area contributed by atoms with Gasteiger partial charge in [-0.3, -0.25) is 4.90 Å². The van der Waals surface area contributed by atoms with Gasteiger partial charge >= 0.3 is 0 Å². The molecular weight excluding hydrogens is 278 g/mol. The molecule has 0 aromatic heterocycles. The van der Waals surface area contributed by atoms with Gasteiger partial charge in [0, 0.05) is 19.6 Å². The summed E-state index contributed by atoms with van der Waals surface area (Å²) in [5.41, 5.74) is 2.55. The summed E-state index contributed by atoms with van der Waals surface area (Å²) in [6.07, 6.45) is -0.472. The van der Waals surface area contributed by atoms with Crippen LogP contribution in [0.15, 0.2) is 18.2 Å². The van der Waals surface area contributed by atoms with Gasteiger partial charge in [0.2, 0.25) is 0 Å². The van der Waals surface area contributed by atoms with Gasteiger partial charge in [0.05, 0.1) is 13.2 Å². The van der Waals surface area contributed by atoms with E-state index in [2.05, 4.69) is 44.7 Å². The molecular formula is C18H29NO3. The van der Waals surface area contributed by atoms with Crippen LogP contribution in [0.1, 0.15) is 31.9 Å². The number of ether oxygens (including phenoxy) is 2. The van der Waals surface area contributed by atoms with Crippen LogP contribution in [-0.4, -0.2) is 55.6 Å². The van der Waals surface area contributed by atoms with E-state index >= 15 is 0 Å². The van der Waals surface area contributed by atoms with Crippen molar-refractivity contribution in [2.45, 2.75) is 39.2 Å². The van der Waals surface area contributed by atoms with Gasteiger partial charge < -0.3 is 14.6 Å². The second-order valence-electron chi connectivity index (χ2n) is 7.11. The number of nitrogens with zero attached hydrogens (tertiary/aromatic N) is 1. The highest BCUT2D eigenvalue weighted by molar-refractivity contribution is 5.38. The zero-order valence-electron chi connectivity index (χ0n) is 14.3. The van der Waals surface area contributed by atoms with Crippen molar-refractivity contribution in [3.05, 3.63) is 29.3 Å². The normalized spacial score (nSPS) is 18.2. The third-order valence-corrected chi connectivity index (χ3v) is 4.04. The molecule has 1 saturated heterocycles. The minimum absolute atomic E-state index is 0.138. The number of morpholine rings is 1. The van der Waals surface area contributed by atoms with E-state index in [4.69, 9.17) is 9.47 Å². The maximum Gasteiger partial charge on any atom is 0.122 e. The SMILES string of the molecule is Cc1cc(C(C)(C)C)ccc1OCC(O)CN1CCOCC1. The highest BCUT2D eigenvalue weighted by Crippen LogP contribution is 2.27. The van der Waals surface area contributed by atoms with Gasteiger partial charge in [0.15, 0.2) is 0 Å². The summed E-state index contributed by atoms with van der Waals surface area (Å²) in [4.78, 5) is 2.22. The molecule has 2 rings (SSSR count). The van der Waals surface area contributed by atoms with Gasteiger partial charge in [-0.2, -0.15) is 0 Å². The van der Waals surface area contributed by atoms with Crippen molar-refractivity contribution in [3.8, 4) is 5.75 Å². The fourth-order valence-corrected chi connectivity index (χ4v) is 2.60. The van der Waals surface area contributed by atoms with Crippen LogP contribution in [-0.2, 0) is 10.2 Å². The third-order valence-electron chi connectivity index (χ3n) is 4.04. The molecule has 1 aliphatic rings. The van der Waals surface area contributed by atoms with E-state index < -0.39 is 6.10 Å². The molecule has 1 atom stereocenters. The number of aliphatic hydroxyl groups is 1. The van der Waals surface area contributed by atoms with Crippen LogP contribution < -0.4 is 4.74 Å². The predicted octanol–water partition coefficient (Wildman–Crippen LogP) is 2.36. The van der Waals surface area contributed by atoms with Crippen molar-refractivity contribution >= 4 is 0 Å². The average molecular weight is 307 g/mol. The second-order valence-corrected chi connectivity index (χ2v) is 7.11. The molecule has 4 heteroatoms. The van der Waals surface area contributed by atoms with Crippen LogP contribution in [0.3, 0.4) is 0 Å². The Morgan fingerprint density at radius 1 is 1.27 bits per heavy atom. The second kappa shape index (κ2) is 7.44. The number of benzene rings is 1. The van der Waals surface area contributed by atoms with Crippen LogP contribution >= 0.6 is 0 Å². The number of aryl methyl sites for hydroxylation is 1. The Morgan fingerprint density at radius 2 is 1.95 bits per heavy atom. The molecule has 1 aromatic rings. The molecule has 0 bridgehead atoms. The van der Waals surface area contributed by atoms with Gasteiger partial charge in [-0.25, -0.2) is 0 Å². The molecule has 0 radical (unpaired) electrons. The Kier molecular flexibility index (Phi) is 5.84. The molecule has 0 amide bonds. The number of β-amino-alcohol motifs (C(OH)–C–C–N with tert-alkyl or cyclic N) is 1. The van der Waals surface area contributed by atoms with Crippen LogP contribution in [0.4, 0.5) is 0 Å². The van der Waals surface area contributed by atoms with E-state index in [1.807, 2.05) is 6.07 Å². The first-order chi connectivity index (χ1) is 10.4. The minimum atomic E-state index is -0.472. The van der Waals surface area contributed by atoms with E-state index in [1.165, 1.54) is 5.56 Å². The van der Waals surface area contributed by atoms with Gasteiger partial charge in [-0.15, -0.1) is 0 Å². The van der Waals surface area contributed by atoms with Crippen LogP contribution in [0.25, 0.3) is 0 Å². The van der Waals surface area contributed by atoms with Crippen LogP contribution in [0, 0.1) is 6.92 Å². The summed E-state index contributed by atoms with van der Waals surface area (Å²) in [7, 11) is 0. The topological polar surface area (TPSA) is 41.9 Å². The van der Waals surface area contributed by atoms with E-state index in [0.29, 0.717) is 13.2 Å². The van der Waals surface area contributed by atoms with Crippen molar-refractivity contribution in [2.75, 3.05) is 39.5 Å². The molecule has 0 aliphatic carbocycles. The molecule has 22 heavy (non-hydrogen) atoms. The first-order valence-electron chi connectivity index (χ1n) is 8.08. The van der Waals surface area contributed by atoms with Gasteiger partial charge in [0.25, 0.3) is 0 Å². The Morgan fingerprint density at radius 3 is 2.55 bits per heavy atom. The summed E-state index contributed by atoms with van der Waals surface area (Å²) < 4.78 is 11.1. The standard InChI is InChI=1S/C18H29NO3/c1-14-11-15(18(2,3)4)5-6-17(14)22-13-16(20)12-19-7-9-21-10-8-19/h5-6,11,16,20H,7-10,12-13H2,1-4H3. The van der Waals surface area contributed by atoms with Gasteiger partial charge in [-0.1, -0.05) is 32.9 Å². The Bertz CT molecular complexity index is 476. The molecule has 0 spiro atoms. The lowest BCUT2D eigenvalue weighted by atomic mass is 9.86. The van der Waals surface area contributed by atoms with Crippen molar-refractivity contribution in [1.82, 2.24) is 4.90 Å². The lowest BCUT2D eigenvalue weighted by Crippen LogP contribution is -2.42. The molecule has 0 saturated carbocycles. The summed E-state index contributed by atoms with van der Waals surface area (Å²) in [6, 6.07) is 6.29. The first kappa shape index (κ1) is 17.3. The molecule has 1 fully saturated rings. The zero-order valence-corrected chi connectivity index (χ0v) is 14.3. The number of hydrogen-bond donors (Lipinski definition) is 1. The minimum Gasteiger partial charge on any atom is -0.491 e. The highest BCUT2D eigenvalue weighted by atomic mass is 16.5. The molecule has 1 N–H and O–H groups in total. The quantitative estimate of drug-likeness (QED) is 0.907. The Labute approximate surface area is 134 Å². The highest BCUT2D eigenvalue weighted by Gasteiger charge is 2.17. The Hall–Kier alpha value is -1.10. The number of aliphatic hydroxyl groups excluding tert-OH is 1. The third kappa shape index (κ3) is 4.97. The van der Waals surface area contributed by atoms with Crippen molar-refractivity contribution < 1.29 is 14.6 Å². The summed E-state index contributed by atoms with van der Waals surface area (Å²) in [6.45, 7) is 12.9. The molecule has 4 nitrogen and oxygen atoms in total. The van der Waals surface area contributed by atoms with E-state index in [-0.39, 0.29) is 5.41 Å². The lowest BCUT2D eigenvalue weighted by Gasteiger charge is -2.28. The first-order valence-corrected chi connectivity index (χ1v) is 8.08. The zero-order chi connectivity index (χ0) is 16.2. The smallest absolute Gasteiger partial charge is 0.122 e. The fraction of sp³-hybridized carbons (Fsp3) is 0.667. The van der Waals surface area contributed by atoms with Crippen molar-refractivity contribution in [1.29, 1.82) is 0 Å². The summed E-state index contributed by atoms with van der Waals surface area (Å²) in [5, 5.41) is 10.1. The van der Waals surface area contributed by atoms with E-state index in [1.54, 1.807) is 0 Å². The van der Waals surface area contributed by atoms with Crippen LogP contribution in [0.2, 0.25) is 0 Å². The van der Waals surface area contributed by atoms with Crippen LogP contribution in [0.5, 0.6) is 5.75 Å². The maximum absolute atomic E-state index is 10.1. The van der Waals surface area contributed by atoms with E-state index in [9.17, 15) is 5.11 Å². The summed E-state index contributed by atoms with van der Waals surface area (Å²) in [5.74, 6) is 0.856. The number of rotatable bonds is 5. The van der Waals surface area contributed by atoms with Gasteiger partial charge in [0.1, 0.15) is 18.5 Å².